The Morgan fingerprint density at radius 3 is 1.19 bits per heavy atom. The SMILES string of the molecule is CCCCC/C=C\C/C=C\CCCCCCCC1OC(CCCN)OC1CCCCCCC/C=C\C/C=C\CCCCC. The second-order valence-electron chi connectivity index (χ2n) is 12.7. The summed E-state index contributed by atoms with van der Waals surface area (Å²) in [4.78, 5) is 0. The van der Waals surface area contributed by atoms with E-state index in [4.69, 9.17) is 15.2 Å². The third-order valence-corrected chi connectivity index (χ3v) is 8.59. The minimum atomic E-state index is -0.0329. The molecular weight excluding hydrogens is 526 g/mol. The lowest BCUT2D eigenvalue weighted by atomic mass is 9.99. The van der Waals surface area contributed by atoms with Gasteiger partial charge in [0.05, 0.1) is 12.2 Å². The Morgan fingerprint density at radius 2 is 0.791 bits per heavy atom. The molecule has 0 bridgehead atoms. The summed E-state index contributed by atoms with van der Waals surface area (Å²) >= 11 is 0. The third kappa shape index (κ3) is 25.8. The summed E-state index contributed by atoms with van der Waals surface area (Å²) in [5.41, 5.74) is 5.75. The fraction of sp³-hybridized carbons (Fsp3) is 0.800. The van der Waals surface area contributed by atoms with Crippen LogP contribution >= 0.6 is 0 Å². The first kappa shape index (κ1) is 39.9. The van der Waals surface area contributed by atoms with Crippen LogP contribution in [0, 0.1) is 0 Å². The highest BCUT2D eigenvalue weighted by atomic mass is 16.7. The summed E-state index contributed by atoms with van der Waals surface area (Å²) in [5.74, 6) is 0. The molecule has 2 atom stereocenters. The zero-order chi connectivity index (χ0) is 30.9. The average molecular weight is 600 g/mol. The van der Waals surface area contributed by atoms with E-state index in [1.165, 1.54) is 128 Å². The number of rotatable bonds is 31. The molecule has 1 aliphatic rings. The van der Waals surface area contributed by atoms with Crippen molar-refractivity contribution in [2.75, 3.05) is 6.54 Å². The molecule has 0 amide bonds. The molecule has 1 rings (SSSR count). The highest BCUT2D eigenvalue weighted by Crippen LogP contribution is 2.29. The molecule has 1 fully saturated rings. The van der Waals surface area contributed by atoms with Crippen LogP contribution in [-0.2, 0) is 9.47 Å². The van der Waals surface area contributed by atoms with E-state index >= 15 is 0 Å². The van der Waals surface area contributed by atoms with Crippen molar-refractivity contribution in [3.63, 3.8) is 0 Å². The van der Waals surface area contributed by atoms with Gasteiger partial charge in [0, 0.05) is 0 Å². The van der Waals surface area contributed by atoms with Gasteiger partial charge in [0.25, 0.3) is 0 Å². The van der Waals surface area contributed by atoms with Crippen molar-refractivity contribution in [3.8, 4) is 0 Å². The monoisotopic (exact) mass is 600 g/mol. The highest BCUT2D eigenvalue weighted by molar-refractivity contribution is 4.93. The van der Waals surface area contributed by atoms with Crippen molar-refractivity contribution >= 4 is 0 Å². The topological polar surface area (TPSA) is 44.5 Å². The number of unbranched alkanes of at least 4 members (excludes halogenated alkanes) is 16. The quantitative estimate of drug-likeness (QED) is 0.0636. The largest absolute Gasteiger partial charge is 0.347 e. The zero-order valence-electron chi connectivity index (χ0n) is 28.8. The van der Waals surface area contributed by atoms with Crippen molar-refractivity contribution in [2.45, 2.75) is 199 Å². The van der Waals surface area contributed by atoms with Crippen LogP contribution < -0.4 is 5.73 Å². The lowest BCUT2D eigenvalue weighted by Gasteiger charge is -2.16. The second-order valence-corrected chi connectivity index (χ2v) is 12.7. The Balaban J connectivity index is 2.09. The van der Waals surface area contributed by atoms with Gasteiger partial charge in [-0.2, -0.15) is 0 Å². The van der Waals surface area contributed by atoms with Crippen LogP contribution in [0.5, 0.6) is 0 Å². The molecule has 0 aromatic heterocycles. The minimum absolute atomic E-state index is 0.0329. The lowest BCUT2D eigenvalue weighted by molar-refractivity contribution is -0.0723. The molecule has 3 heteroatoms. The van der Waals surface area contributed by atoms with E-state index in [2.05, 4.69) is 62.5 Å². The van der Waals surface area contributed by atoms with Gasteiger partial charge in [0.2, 0.25) is 0 Å². The standard InChI is InChI=1S/C40H73NO2/c1-3-5-7-9-11-13-15-17-19-21-23-25-27-29-31-34-38-39(43-40(42-38)36-33-37-41)35-32-30-28-26-24-22-20-18-16-14-12-10-8-6-4-2/h11-14,17-20,38-40H,3-10,15-16,21-37,41H2,1-2H3/b13-11-,14-12-,19-17-,20-18-. The Bertz CT molecular complexity index is 628. The molecule has 1 heterocycles. The molecule has 1 saturated heterocycles. The van der Waals surface area contributed by atoms with Crippen molar-refractivity contribution < 1.29 is 9.47 Å². The Labute approximate surface area is 269 Å². The predicted octanol–water partition coefficient (Wildman–Crippen LogP) is 12.5. The molecule has 0 saturated carbocycles. The Morgan fingerprint density at radius 1 is 0.419 bits per heavy atom. The minimum Gasteiger partial charge on any atom is -0.347 e. The third-order valence-electron chi connectivity index (χ3n) is 8.59. The van der Waals surface area contributed by atoms with Gasteiger partial charge in [0.1, 0.15) is 0 Å². The van der Waals surface area contributed by atoms with E-state index in [0.717, 1.165) is 38.5 Å². The van der Waals surface area contributed by atoms with E-state index in [1.807, 2.05) is 0 Å². The number of nitrogens with two attached hydrogens (primary N) is 1. The molecule has 3 nitrogen and oxygen atoms in total. The van der Waals surface area contributed by atoms with E-state index in [9.17, 15) is 0 Å². The van der Waals surface area contributed by atoms with Gasteiger partial charge in [-0.1, -0.05) is 140 Å². The van der Waals surface area contributed by atoms with Crippen molar-refractivity contribution in [2.24, 2.45) is 5.73 Å². The van der Waals surface area contributed by atoms with Crippen LogP contribution in [0.2, 0.25) is 0 Å². The van der Waals surface area contributed by atoms with Gasteiger partial charge in [-0.15, -0.1) is 0 Å². The van der Waals surface area contributed by atoms with Gasteiger partial charge in [-0.3, -0.25) is 0 Å². The molecule has 0 aromatic carbocycles. The molecule has 250 valence electrons. The Kier molecular flexibility index (Phi) is 29.9. The zero-order valence-corrected chi connectivity index (χ0v) is 28.8. The smallest absolute Gasteiger partial charge is 0.158 e. The van der Waals surface area contributed by atoms with Gasteiger partial charge in [0.15, 0.2) is 6.29 Å². The molecule has 0 aliphatic carbocycles. The van der Waals surface area contributed by atoms with Crippen LogP contribution in [0.1, 0.15) is 181 Å². The van der Waals surface area contributed by atoms with Crippen LogP contribution in [0.15, 0.2) is 48.6 Å². The molecule has 2 N–H and O–H groups in total. The van der Waals surface area contributed by atoms with Gasteiger partial charge >= 0.3 is 0 Å². The maximum atomic E-state index is 6.37. The van der Waals surface area contributed by atoms with Crippen LogP contribution in [0.4, 0.5) is 0 Å². The summed E-state index contributed by atoms with van der Waals surface area (Å²) in [7, 11) is 0. The van der Waals surface area contributed by atoms with Gasteiger partial charge in [-0.25, -0.2) is 0 Å². The second kappa shape index (κ2) is 32.2. The van der Waals surface area contributed by atoms with E-state index in [0.29, 0.717) is 6.54 Å². The highest BCUT2D eigenvalue weighted by Gasteiger charge is 2.34. The summed E-state index contributed by atoms with van der Waals surface area (Å²) in [6.45, 7) is 5.25. The van der Waals surface area contributed by atoms with Crippen molar-refractivity contribution in [1.82, 2.24) is 0 Å². The lowest BCUT2D eigenvalue weighted by Crippen LogP contribution is -2.22. The average Bonchev–Trinajstić information content (AvgIpc) is 3.41. The van der Waals surface area contributed by atoms with E-state index in [1.54, 1.807) is 0 Å². The summed E-state index contributed by atoms with van der Waals surface area (Å²) in [5, 5.41) is 0. The van der Waals surface area contributed by atoms with Gasteiger partial charge in [-0.05, 0) is 96.4 Å². The van der Waals surface area contributed by atoms with E-state index in [-0.39, 0.29) is 18.5 Å². The first-order valence-corrected chi connectivity index (χ1v) is 18.9. The molecule has 0 aromatic rings. The van der Waals surface area contributed by atoms with Gasteiger partial charge < -0.3 is 15.2 Å². The normalized spacial score (nSPS) is 19.4. The van der Waals surface area contributed by atoms with Crippen LogP contribution in [0.25, 0.3) is 0 Å². The number of ether oxygens (including phenoxy) is 2. The molecule has 0 spiro atoms. The summed E-state index contributed by atoms with van der Waals surface area (Å²) < 4.78 is 12.7. The summed E-state index contributed by atoms with van der Waals surface area (Å²) in [6.07, 6.45) is 51.8. The van der Waals surface area contributed by atoms with E-state index < -0.39 is 0 Å². The molecular formula is C40H73NO2. The number of hydrogen-bond acceptors (Lipinski definition) is 3. The molecule has 0 radical (unpaired) electrons. The number of hydrogen-bond donors (Lipinski definition) is 1. The fourth-order valence-electron chi connectivity index (χ4n) is 5.84. The van der Waals surface area contributed by atoms with Crippen molar-refractivity contribution in [3.05, 3.63) is 48.6 Å². The maximum Gasteiger partial charge on any atom is 0.158 e. The maximum absolute atomic E-state index is 6.37. The van der Waals surface area contributed by atoms with Crippen LogP contribution in [-0.4, -0.2) is 25.0 Å². The first-order valence-electron chi connectivity index (χ1n) is 18.9. The molecule has 2 unspecified atom stereocenters. The Hall–Kier alpha value is -1.16. The number of allylic oxidation sites excluding steroid dienone is 8. The fourth-order valence-corrected chi connectivity index (χ4v) is 5.84. The molecule has 43 heavy (non-hydrogen) atoms. The predicted molar refractivity (Wildman–Crippen MR) is 191 cm³/mol. The summed E-state index contributed by atoms with van der Waals surface area (Å²) in [6, 6.07) is 0. The van der Waals surface area contributed by atoms with Crippen molar-refractivity contribution in [1.29, 1.82) is 0 Å². The first-order chi connectivity index (χ1) is 21.3. The molecule has 1 aliphatic heterocycles. The van der Waals surface area contributed by atoms with Crippen LogP contribution in [0.3, 0.4) is 0 Å².